The van der Waals surface area contributed by atoms with Crippen molar-refractivity contribution in [2.45, 2.75) is 25.3 Å². The van der Waals surface area contributed by atoms with Gasteiger partial charge in [0.05, 0.1) is 7.11 Å². The molecule has 14 heavy (non-hydrogen) atoms. The quantitative estimate of drug-likeness (QED) is 0.792. The Hall–Kier alpha value is -1.09. The van der Waals surface area contributed by atoms with E-state index in [2.05, 4.69) is 4.98 Å². The van der Waals surface area contributed by atoms with Crippen molar-refractivity contribution < 1.29 is 4.74 Å². The first kappa shape index (κ1) is 9.46. The van der Waals surface area contributed by atoms with Crippen LogP contribution in [0, 0.1) is 5.92 Å². The molecule has 1 aliphatic rings. The van der Waals surface area contributed by atoms with Crippen molar-refractivity contribution in [3.05, 3.63) is 23.9 Å². The molecule has 1 aromatic heterocycles. The van der Waals surface area contributed by atoms with Crippen LogP contribution in [0.2, 0.25) is 0 Å². The highest BCUT2D eigenvalue weighted by atomic mass is 16.5. The van der Waals surface area contributed by atoms with Crippen LogP contribution in [0.1, 0.15) is 30.9 Å². The van der Waals surface area contributed by atoms with E-state index >= 15 is 0 Å². The topological polar surface area (TPSA) is 48.1 Å². The molecule has 0 amide bonds. The van der Waals surface area contributed by atoms with E-state index in [1.807, 2.05) is 12.1 Å². The predicted octanol–water partition coefficient (Wildman–Crippen LogP) is 1.89. The molecule has 0 aromatic carbocycles. The molecule has 76 valence electrons. The van der Waals surface area contributed by atoms with Gasteiger partial charge in [0.1, 0.15) is 0 Å². The van der Waals surface area contributed by atoms with E-state index in [0.29, 0.717) is 5.88 Å². The lowest BCUT2D eigenvalue weighted by molar-refractivity contribution is 0.386. The lowest BCUT2D eigenvalue weighted by Gasteiger charge is -2.13. The van der Waals surface area contributed by atoms with Crippen LogP contribution < -0.4 is 10.5 Å². The van der Waals surface area contributed by atoms with Gasteiger partial charge in [0.15, 0.2) is 0 Å². The van der Waals surface area contributed by atoms with Crippen LogP contribution in [0.4, 0.5) is 0 Å². The minimum Gasteiger partial charge on any atom is -0.481 e. The fraction of sp³-hybridized carbons (Fsp3) is 0.545. The van der Waals surface area contributed by atoms with Gasteiger partial charge in [-0.25, -0.2) is 4.98 Å². The molecule has 1 atom stereocenters. The van der Waals surface area contributed by atoms with Crippen molar-refractivity contribution in [2.24, 2.45) is 11.7 Å². The average molecular weight is 192 g/mol. The summed E-state index contributed by atoms with van der Waals surface area (Å²) in [4.78, 5) is 4.14. The predicted molar refractivity (Wildman–Crippen MR) is 55.1 cm³/mol. The Bertz CT molecular complexity index is 310. The maximum atomic E-state index is 6.09. The maximum absolute atomic E-state index is 6.09. The third-order valence-electron chi connectivity index (χ3n) is 2.68. The molecule has 0 bridgehead atoms. The second-order valence-electron chi connectivity index (χ2n) is 3.89. The summed E-state index contributed by atoms with van der Waals surface area (Å²) < 4.78 is 5.18. The molecule has 3 heteroatoms. The lowest BCUT2D eigenvalue weighted by Crippen LogP contribution is -2.12. The lowest BCUT2D eigenvalue weighted by atomic mass is 10.0. The number of aromatic nitrogens is 1. The Morgan fingerprint density at radius 1 is 1.64 bits per heavy atom. The molecule has 2 N–H and O–H groups in total. The summed E-state index contributed by atoms with van der Waals surface area (Å²) in [7, 11) is 1.63. The molecule has 0 aliphatic heterocycles. The van der Waals surface area contributed by atoms with Crippen LogP contribution >= 0.6 is 0 Å². The van der Waals surface area contributed by atoms with Crippen LogP contribution in [0.3, 0.4) is 0 Å². The Morgan fingerprint density at radius 3 is 3.07 bits per heavy atom. The molecule has 1 unspecified atom stereocenters. The van der Waals surface area contributed by atoms with E-state index in [0.717, 1.165) is 17.9 Å². The fourth-order valence-corrected chi connectivity index (χ4v) is 1.70. The van der Waals surface area contributed by atoms with Crippen molar-refractivity contribution in [1.29, 1.82) is 0 Å². The number of nitrogens with zero attached hydrogens (tertiary/aromatic N) is 1. The van der Waals surface area contributed by atoms with E-state index in [1.54, 1.807) is 13.3 Å². The number of rotatable bonds is 4. The molecule has 1 saturated carbocycles. The molecule has 2 rings (SSSR count). The van der Waals surface area contributed by atoms with Crippen molar-refractivity contribution in [3.8, 4) is 5.88 Å². The maximum Gasteiger partial charge on any atom is 0.217 e. The minimum absolute atomic E-state index is 0.0751. The van der Waals surface area contributed by atoms with Crippen molar-refractivity contribution in [1.82, 2.24) is 4.98 Å². The summed E-state index contributed by atoms with van der Waals surface area (Å²) in [6.45, 7) is 0. The van der Waals surface area contributed by atoms with Gasteiger partial charge in [-0.15, -0.1) is 0 Å². The Morgan fingerprint density at radius 2 is 2.43 bits per heavy atom. The standard InChI is InChI=1S/C11H16N2O/c1-14-11-9(3-2-6-13-11)10(12)7-8-4-5-8/h2-3,6,8,10H,4-5,7,12H2,1H3. The molecule has 0 spiro atoms. The fourth-order valence-electron chi connectivity index (χ4n) is 1.70. The summed E-state index contributed by atoms with van der Waals surface area (Å²) in [5, 5.41) is 0. The van der Waals surface area contributed by atoms with Crippen molar-refractivity contribution in [3.63, 3.8) is 0 Å². The molecule has 0 radical (unpaired) electrons. The van der Waals surface area contributed by atoms with Gasteiger partial charge in [0.25, 0.3) is 0 Å². The molecule has 0 saturated heterocycles. The van der Waals surface area contributed by atoms with Crippen LogP contribution in [0.25, 0.3) is 0 Å². The first-order valence-electron chi connectivity index (χ1n) is 5.05. The van der Waals surface area contributed by atoms with Crippen LogP contribution in [-0.4, -0.2) is 12.1 Å². The summed E-state index contributed by atoms with van der Waals surface area (Å²) in [6, 6.07) is 3.98. The van der Waals surface area contributed by atoms with E-state index < -0.39 is 0 Å². The Kier molecular flexibility index (Phi) is 2.68. The van der Waals surface area contributed by atoms with Gasteiger partial charge in [-0.05, 0) is 18.4 Å². The van der Waals surface area contributed by atoms with Crippen molar-refractivity contribution in [2.75, 3.05) is 7.11 Å². The number of hydrogen-bond acceptors (Lipinski definition) is 3. The van der Waals surface area contributed by atoms with E-state index in [9.17, 15) is 0 Å². The average Bonchev–Trinajstić information content (AvgIpc) is 3.01. The van der Waals surface area contributed by atoms with Crippen LogP contribution in [-0.2, 0) is 0 Å². The van der Waals surface area contributed by atoms with Gasteiger partial charge in [0, 0.05) is 17.8 Å². The van der Waals surface area contributed by atoms with Gasteiger partial charge in [-0.2, -0.15) is 0 Å². The van der Waals surface area contributed by atoms with Gasteiger partial charge in [0.2, 0.25) is 5.88 Å². The molecule has 1 fully saturated rings. The zero-order valence-electron chi connectivity index (χ0n) is 8.44. The van der Waals surface area contributed by atoms with Crippen molar-refractivity contribution >= 4 is 0 Å². The molecular formula is C11H16N2O. The summed E-state index contributed by atoms with van der Waals surface area (Å²) in [5.74, 6) is 1.50. The normalized spacial score (nSPS) is 17.9. The molecule has 1 heterocycles. The number of hydrogen-bond donors (Lipinski definition) is 1. The molecule has 1 aliphatic carbocycles. The molecule has 1 aromatic rings. The van der Waals surface area contributed by atoms with Gasteiger partial charge in [-0.3, -0.25) is 0 Å². The number of ether oxygens (including phenoxy) is 1. The van der Waals surface area contributed by atoms with E-state index in [-0.39, 0.29) is 6.04 Å². The Balaban J connectivity index is 2.11. The summed E-state index contributed by atoms with van der Waals surface area (Å²) in [5.41, 5.74) is 7.12. The Labute approximate surface area is 84.3 Å². The van der Waals surface area contributed by atoms with E-state index in [4.69, 9.17) is 10.5 Å². The first-order chi connectivity index (χ1) is 6.81. The second kappa shape index (κ2) is 3.96. The smallest absolute Gasteiger partial charge is 0.217 e. The third kappa shape index (κ3) is 2.04. The largest absolute Gasteiger partial charge is 0.481 e. The number of pyridine rings is 1. The third-order valence-corrected chi connectivity index (χ3v) is 2.68. The minimum atomic E-state index is 0.0751. The molecular weight excluding hydrogens is 176 g/mol. The first-order valence-corrected chi connectivity index (χ1v) is 5.05. The summed E-state index contributed by atoms with van der Waals surface area (Å²) in [6.07, 6.45) is 5.45. The van der Waals surface area contributed by atoms with Gasteiger partial charge < -0.3 is 10.5 Å². The summed E-state index contributed by atoms with van der Waals surface area (Å²) >= 11 is 0. The SMILES string of the molecule is COc1ncccc1C(N)CC1CC1. The monoisotopic (exact) mass is 192 g/mol. The highest BCUT2D eigenvalue weighted by Gasteiger charge is 2.25. The van der Waals surface area contributed by atoms with Crippen LogP contribution in [0.5, 0.6) is 5.88 Å². The van der Waals surface area contributed by atoms with Gasteiger partial charge in [-0.1, -0.05) is 18.9 Å². The molecule has 3 nitrogen and oxygen atoms in total. The zero-order valence-corrected chi connectivity index (χ0v) is 8.44. The number of nitrogens with two attached hydrogens (primary N) is 1. The van der Waals surface area contributed by atoms with Crippen LogP contribution in [0.15, 0.2) is 18.3 Å². The highest BCUT2D eigenvalue weighted by Crippen LogP contribution is 2.37. The zero-order chi connectivity index (χ0) is 9.97. The number of methoxy groups -OCH3 is 1. The van der Waals surface area contributed by atoms with E-state index in [1.165, 1.54) is 12.8 Å². The second-order valence-corrected chi connectivity index (χ2v) is 3.89. The van der Waals surface area contributed by atoms with Gasteiger partial charge >= 0.3 is 0 Å². The highest BCUT2D eigenvalue weighted by molar-refractivity contribution is 5.28.